The number of hydrogen-bond acceptors (Lipinski definition) is 1. The van der Waals surface area contributed by atoms with Crippen molar-refractivity contribution in [2.24, 2.45) is 0 Å². The minimum atomic E-state index is 1.14. The van der Waals surface area contributed by atoms with Crippen molar-refractivity contribution in [3.8, 4) is 0 Å². The Kier molecular flexibility index (Phi) is 5.08. The highest BCUT2D eigenvalue weighted by Gasteiger charge is 1.88. The third-order valence-corrected chi connectivity index (χ3v) is 1.01. The molecule has 49 valence electrons. The zero-order valence-corrected chi connectivity index (χ0v) is 6.12. The third-order valence-electron chi connectivity index (χ3n) is 1.01. The van der Waals surface area contributed by atoms with E-state index in [4.69, 9.17) is 0 Å². The largest absolute Gasteiger partial charge is 0.310 e. The maximum Gasteiger partial charge on any atom is 0.0301 e. The molecule has 0 aliphatic rings. The molecule has 0 saturated heterocycles. The molecule has 0 fully saturated rings. The monoisotopic (exact) mass is 114 g/mol. The summed E-state index contributed by atoms with van der Waals surface area (Å²) < 4.78 is 0. The smallest absolute Gasteiger partial charge is 0.0301 e. The van der Waals surface area contributed by atoms with Gasteiger partial charge in [-0.3, -0.25) is 0 Å². The van der Waals surface area contributed by atoms with Gasteiger partial charge in [0.05, 0.1) is 0 Å². The molecule has 0 heterocycles. The summed E-state index contributed by atoms with van der Waals surface area (Å²) >= 11 is 0. The molecule has 1 heteroatoms. The lowest BCUT2D eigenvalue weighted by Gasteiger charge is -2.04. The maximum atomic E-state index is 3.26. The van der Waals surface area contributed by atoms with Crippen LogP contribution in [0.15, 0.2) is 0 Å². The lowest BCUT2D eigenvalue weighted by Crippen LogP contribution is -2.16. The van der Waals surface area contributed by atoms with Gasteiger partial charge in [0.15, 0.2) is 0 Å². The lowest BCUT2D eigenvalue weighted by atomic mass is 10.3. The summed E-state index contributed by atoms with van der Waals surface area (Å²) in [5.74, 6) is 0. The Hall–Kier alpha value is -0.0400. The maximum absolute atomic E-state index is 3.26. The van der Waals surface area contributed by atoms with E-state index in [0.717, 1.165) is 6.54 Å². The molecule has 0 aliphatic carbocycles. The summed E-state index contributed by atoms with van der Waals surface area (Å²) in [6, 6.07) is 1.32. The second-order valence-electron chi connectivity index (χ2n) is 2.28. The number of nitrogens with one attached hydrogen (secondary N) is 1. The van der Waals surface area contributed by atoms with Crippen LogP contribution in [0.3, 0.4) is 0 Å². The predicted octanol–water partition coefficient (Wildman–Crippen LogP) is 1.95. The molecule has 0 aliphatic heterocycles. The van der Waals surface area contributed by atoms with Crippen LogP contribution in [0, 0.1) is 6.04 Å². The van der Waals surface area contributed by atoms with E-state index in [0.29, 0.717) is 0 Å². The molecular formula is C7H16N. The van der Waals surface area contributed by atoms with E-state index < -0.39 is 0 Å². The highest BCUT2D eigenvalue weighted by molar-refractivity contribution is 4.71. The molecule has 0 unspecified atom stereocenters. The summed E-state index contributed by atoms with van der Waals surface area (Å²) in [5.41, 5.74) is 0. The average Bonchev–Trinajstić information content (AvgIpc) is 1.66. The molecule has 0 atom stereocenters. The lowest BCUT2D eigenvalue weighted by molar-refractivity contribution is 0.657. The Balaban J connectivity index is 2.72. The Morgan fingerprint density at radius 1 is 1.38 bits per heavy atom. The van der Waals surface area contributed by atoms with Crippen LogP contribution in [-0.4, -0.2) is 6.54 Å². The van der Waals surface area contributed by atoms with Crippen LogP contribution in [0.5, 0.6) is 0 Å². The van der Waals surface area contributed by atoms with Crippen LogP contribution in [-0.2, 0) is 0 Å². The predicted molar refractivity (Wildman–Crippen MR) is 37.5 cm³/mol. The Labute approximate surface area is 52.5 Å². The van der Waals surface area contributed by atoms with Crippen molar-refractivity contribution in [2.75, 3.05) is 6.54 Å². The van der Waals surface area contributed by atoms with Crippen molar-refractivity contribution >= 4 is 0 Å². The normalized spacial score (nSPS) is 10.5. The molecule has 8 heavy (non-hydrogen) atoms. The standard InChI is InChI=1S/C7H16N/c1-4-5-6-8-7(2)3/h8H,4-6H2,1-3H3. The SMILES string of the molecule is CCCCN[C](C)C. The summed E-state index contributed by atoms with van der Waals surface area (Å²) in [4.78, 5) is 0. The van der Waals surface area contributed by atoms with Crippen molar-refractivity contribution in [1.29, 1.82) is 0 Å². The molecule has 0 spiro atoms. The van der Waals surface area contributed by atoms with Gasteiger partial charge in [-0.2, -0.15) is 0 Å². The second-order valence-corrected chi connectivity index (χ2v) is 2.28. The quantitative estimate of drug-likeness (QED) is 0.551. The van der Waals surface area contributed by atoms with Crippen molar-refractivity contribution in [1.82, 2.24) is 5.32 Å². The number of hydrogen-bond donors (Lipinski definition) is 1. The van der Waals surface area contributed by atoms with Gasteiger partial charge < -0.3 is 5.32 Å². The minimum Gasteiger partial charge on any atom is -0.310 e. The minimum absolute atomic E-state index is 1.14. The van der Waals surface area contributed by atoms with Gasteiger partial charge in [0.25, 0.3) is 0 Å². The first-order chi connectivity index (χ1) is 3.77. The average molecular weight is 114 g/mol. The van der Waals surface area contributed by atoms with Gasteiger partial charge in [0.1, 0.15) is 0 Å². The molecule has 0 aromatic heterocycles. The van der Waals surface area contributed by atoms with Crippen LogP contribution in [0.4, 0.5) is 0 Å². The van der Waals surface area contributed by atoms with Gasteiger partial charge in [0, 0.05) is 6.04 Å². The van der Waals surface area contributed by atoms with E-state index in [1.807, 2.05) is 0 Å². The van der Waals surface area contributed by atoms with Crippen molar-refractivity contribution < 1.29 is 0 Å². The fourth-order valence-corrected chi connectivity index (χ4v) is 0.515. The Bertz CT molecular complexity index is 41.7. The summed E-state index contributed by atoms with van der Waals surface area (Å²) in [5, 5.41) is 3.26. The highest BCUT2D eigenvalue weighted by atomic mass is 14.9. The van der Waals surface area contributed by atoms with Gasteiger partial charge in [-0.05, 0) is 26.8 Å². The van der Waals surface area contributed by atoms with Crippen molar-refractivity contribution in [3.05, 3.63) is 6.04 Å². The van der Waals surface area contributed by atoms with E-state index in [1.165, 1.54) is 18.9 Å². The summed E-state index contributed by atoms with van der Waals surface area (Å²) in [6.45, 7) is 7.52. The van der Waals surface area contributed by atoms with Gasteiger partial charge >= 0.3 is 0 Å². The third kappa shape index (κ3) is 5.96. The molecule has 0 aromatic carbocycles. The zero-order chi connectivity index (χ0) is 6.41. The first-order valence-electron chi connectivity index (χ1n) is 3.31. The van der Waals surface area contributed by atoms with Crippen LogP contribution in [0.2, 0.25) is 0 Å². The Morgan fingerprint density at radius 2 is 2.00 bits per heavy atom. The fraction of sp³-hybridized carbons (Fsp3) is 0.857. The van der Waals surface area contributed by atoms with E-state index in [1.54, 1.807) is 0 Å². The van der Waals surface area contributed by atoms with Gasteiger partial charge in [-0.25, -0.2) is 0 Å². The molecule has 1 nitrogen and oxygen atoms in total. The molecule has 1 N–H and O–H groups in total. The second kappa shape index (κ2) is 5.10. The Morgan fingerprint density at radius 3 is 2.38 bits per heavy atom. The molecule has 0 bridgehead atoms. The van der Waals surface area contributed by atoms with Crippen molar-refractivity contribution in [3.63, 3.8) is 0 Å². The van der Waals surface area contributed by atoms with E-state index in [2.05, 4.69) is 26.1 Å². The first kappa shape index (κ1) is 7.96. The van der Waals surface area contributed by atoms with E-state index in [-0.39, 0.29) is 0 Å². The molecule has 0 rings (SSSR count). The fourth-order valence-electron chi connectivity index (χ4n) is 0.515. The molecule has 0 aromatic rings. The van der Waals surface area contributed by atoms with Gasteiger partial charge in [-0.15, -0.1) is 0 Å². The van der Waals surface area contributed by atoms with Crippen LogP contribution < -0.4 is 5.32 Å². The number of rotatable bonds is 4. The van der Waals surface area contributed by atoms with Gasteiger partial charge in [0.2, 0.25) is 0 Å². The topological polar surface area (TPSA) is 12.0 Å². The van der Waals surface area contributed by atoms with Crippen LogP contribution >= 0.6 is 0 Å². The first-order valence-corrected chi connectivity index (χ1v) is 3.31. The van der Waals surface area contributed by atoms with Crippen LogP contribution in [0.25, 0.3) is 0 Å². The molecular weight excluding hydrogens is 98.1 g/mol. The van der Waals surface area contributed by atoms with Crippen LogP contribution in [0.1, 0.15) is 33.6 Å². The molecule has 0 saturated carbocycles. The van der Waals surface area contributed by atoms with E-state index in [9.17, 15) is 0 Å². The number of unbranched alkanes of at least 4 members (excludes halogenated alkanes) is 1. The molecule has 0 amide bonds. The summed E-state index contributed by atoms with van der Waals surface area (Å²) in [7, 11) is 0. The molecule has 1 radical (unpaired) electrons. The zero-order valence-electron chi connectivity index (χ0n) is 6.12. The highest BCUT2D eigenvalue weighted by Crippen LogP contribution is 1.89. The van der Waals surface area contributed by atoms with Crippen molar-refractivity contribution in [2.45, 2.75) is 33.6 Å². The summed E-state index contributed by atoms with van der Waals surface area (Å²) in [6.07, 6.45) is 2.56. The van der Waals surface area contributed by atoms with E-state index >= 15 is 0 Å². The van der Waals surface area contributed by atoms with Gasteiger partial charge in [-0.1, -0.05) is 13.3 Å².